The van der Waals surface area contributed by atoms with Crippen LogP contribution in [-0.2, 0) is 10.3 Å². The first-order valence-corrected chi connectivity index (χ1v) is 6.69. The lowest BCUT2D eigenvalue weighted by molar-refractivity contribution is 0.0635. The highest BCUT2D eigenvalue weighted by molar-refractivity contribution is 5.86. The average Bonchev–Trinajstić information content (AvgIpc) is 2.24. The summed E-state index contributed by atoms with van der Waals surface area (Å²) in [5.41, 5.74) is 7.27. The Morgan fingerprint density at radius 2 is 1.95 bits per heavy atom. The maximum absolute atomic E-state index is 11.8. The summed E-state index contributed by atoms with van der Waals surface area (Å²) in [6, 6.07) is 7.68. The number of hydrogen-bond acceptors (Lipinski definition) is 3. The third-order valence-electron chi connectivity index (χ3n) is 3.34. The lowest BCUT2D eigenvalue weighted by Crippen LogP contribution is -2.44. The summed E-state index contributed by atoms with van der Waals surface area (Å²) in [7, 11) is 0. The molecule has 19 heavy (non-hydrogen) atoms. The number of para-hydroxylation sites is 1. The number of carbonyl (C=O) groups is 1. The second-order valence-electron chi connectivity index (χ2n) is 6.18. The first kappa shape index (κ1) is 13.9. The first-order valence-electron chi connectivity index (χ1n) is 6.69. The van der Waals surface area contributed by atoms with Gasteiger partial charge in [-0.25, -0.2) is 4.79 Å². The molecule has 1 amide bonds. The number of ether oxygens (including phenoxy) is 1. The summed E-state index contributed by atoms with van der Waals surface area (Å²) in [6.45, 7) is 5.53. The van der Waals surface area contributed by atoms with Crippen LogP contribution in [0.25, 0.3) is 0 Å². The normalized spacial score (nSPS) is 17.5. The second-order valence-corrected chi connectivity index (χ2v) is 6.18. The number of benzene rings is 1. The van der Waals surface area contributed by atoms with E-state index in [1.165, 1.54) is 0 Å². The third kappa shape index (κ3) is 3.26. The van der Waals surface area contributed by atoms with Crippen molar-refractivity contribution >= 4 is 11.8 Å². The highest BCUT2D eigenvalue weighted by Gasteiger charge is 2.36. The van der Waals surface area contributed by atoms with Crippen molar-refractivity contribution in [2.45, 2.75) is 51.2 Å². The topological polar surface area (TPSA) is 64.3 Å². The van der Waals surface area contributed by atoms with E-state index in [1.54, 1.807) is 0 Å². The quantitative estimate of drug-likeness (QED) is 0.858. The molecule has 2 rings (SSSR count). The van der Waals surface area contributed by atoms with Gasteiger partial charge in [-0.1, -0.05) is 18.2 Å². The standard InChI is InChI=1S/C15H22N2O2/c1-14(2,3)19-13(18)17-12-8-5-4-7-11(12)15(16)9-6-10-15/h4-5,7-8H,6,9-10,16H2,1-3H3,(H,17,18). The Morgan fingerprint density at radius 1 is 1.32 bits per heavy atom. The molecule has 0 aromatic heterocycles. The number of amides is 1. The number of rotatable bonds is 2. The first-order chi connectivity index (χ1) is 8.80. The minimum absolute atomic E-state index is 0.300. The van der Waals surface area contributed by atoms with E-state index >= 15 is 0 Å². The Labute approximate surface area is 114 Å². The molecule has 0 bridgehead atoms. The number of anilines is 1. The molecule has 1 aromatic carbocycles. The molecule has 1 aromatic rings. The number of hydrogen-bond donors (Lipinski definition) is 2. The lowest BCUT2D eigenvalue weighted by atomic mass is 9.72. The molecular weight excluding hydrogens is 240 g/mol. The average molecular weight is 262 g/mol. The summed E-state index contributed by atoms with van der Waals surface area (Å²) >= 11 is 0. The molecule has 0 saturated heterocycles. The Hall–Kier alpha value is -1.55. The summed E-state index contributed by atoms with van der Waals surface area (Å²) in [5.74, 6) is 0. The highest BCUT2D eigenvalue weighted by Crippen LogP contribution is 2.41. The molecule has 0 spiro atoms. The van der Waals surface area contributed by atoms with E-state index in [0.717, 1.165) is 30.5 Å². The van der Waals surface area contributed by atoms with Crippen LogP contribution in [0.2, 0.25) is 0 Å². The molecule has 1 aliphatic rings. The summed E-state index contributed by atoms with van der Waals surface area (Å²) in [5, 5.41) is 2.80. The van der Waals surface area contributed by atoms with E-state index in [-0.39, 0.29) is 5.54 Å². The fourth-order valence-electron chi connectivity index (χ4n) is 2.27. The zero-order valence-corrected chi connectivity index (χ0v) is 11.8. The summed E-state index contributed by atoms with van der Waals surface area (Å²) in [4.78, 5) is 11.8. The molecule has 0 aliphatic heterocycles. The van der Waals surface area contributed by atoms with Crippen LogP contribution in [0.3, 0.4) is 0 Å². The van der Waals surface area contributed by atoms with Crippen LogP contribution in [-0.4, -0.2) is 11.7 Å². The van der Waals surface area contributed by atoms with Crippen molar-refractivity contribution in [2.24, 2.45) is 5.73 Å². The van der Waals surface area contributed by atoms with E-state index < -0.39 is 11.7 Å². The van der Waals surface area contributed by atoms with Crippen LogP contribution >= 0.6 is 0 Å². The maximum Gasteiger partial charge on any atom is 0.412 e. The molecule has 1 fully saturated rings. The molecule has 4 nitrogen and oxygen atoms in total. The number of nitrogens with one attached hydrogen (secondary N) is 1. The molecule has 1 saturated carbocycles. The largest absolute Gasteiger partial charge is 0.444 e. The van der Waals surface area contributed by atoms with E-state index in [2.05, 4.69) is 5.32 Å². The van der Waals surface area contributed by atoms with Gasteiger partial charge in [-0.15, -0.1) is 0 Å². The van der Waals surface area contributed by atoms with Crippen molar-refractivity contribution in [3.63, 3.8) is 0 Å². The van der Waals surface area contributed by atoms with Crippen LogP contribution in [0.4, 0.5) is 10.5 Å². The smallest absolute Gasteiger partial charge is 0.412 e. The van der Waals surface area contributed by atoms with Crippen LogP contribution < -0.4 is 11.1 Å². The van der Waals surface area contributed by atoms with Crippen LogP contribution in [0.1, 0.15) is 45.6 Å². The second kappa shape index (κ2) is 4.85. The van der Waals surface area contributed by atoms with Crippen LogP contribution in [0.15, 0.2) is 24.3 Å². The van der Waals surface area contributed by atoms with Gasteiger partial charge in [0.05, 0.1) is 0 Å². The van der Waals surface area contributed by atoms with Crippen molar-refractivity contribution in [3.8, 4) is 0 Å². The molecule has 4 heteroatoms. The molecule has 0 radical (unpaired) electrons. The van der Waals surface area contributed by atoms with Gasteiger partial charge >= 0.3 is 6.09 Å². The van der Waals surface area contributed by atoms with Gasteiger partial charge in [0, 0.05) is 11.2 Å². The number of nitrogens with two attached hydrogens (primary N) is 1. The third-order valence-corrected chi connectivity index (χ3v) is 3.34. The van der Waals surface area contributed by atoms with Gasteiger partial charge in [-0.05, 0) is 51.7 Å². The SMILES string of the molecule is CC(C)(C)OC(=O)Nc1ccccc1C1(N)CCC1. The van der Waals surface area contributed by atoms with Crippen molar-refractivity contribution in [3.05, 3.63) is 29.8 Å². The van der Waals surface area contributed by atoms with E-state index in [9.17, 15) is 4.79 Å². The fourth-order valence-corrected chi connectivity index (χ4v) is 2.27. The summed E-state index contributed by atoms with van der Waals surface area (Å²) < 4.78 is 5.27. The van der Waals surface area contributed by atoms with Crippen LogP contribution in [0.5, 0.6) is 0 Å². The van der Waals surface area contributed by atoms with E-state index in [0.29, 0.717) is 0 Å². The Morgan fingerprint density at radius 3 is 2.47 bits per heavy atom. The lowest BCUT2D eigenvalue weighted by Gasteiger charge is -2.39. The molecule has 1 aliphatic carbocycles. The van der Waals surface area contributed by atoms with Crippen LogP contribution in [0, 0.1) is 0 Å². The molecular formula is C15H22N2O2. The van der Waals surface area contributed by atoms with Gasteiger partial charge in [0.25, 0.3) is 0 Å². The van der Waals surface area contributed by atoms with Gasteiger partial charge < -0.3 is 10.5 Å². The maximum atomic E-state index is 11.8. The fraction of sp³-hybridized carbons (Fsp3) is 0.533. The minimum atomic E-state index is -0.504. The number of carbonyl (C=O) groups excluding carboxylic acids is 1. The Kier molecular flexibility index (Phi) is 3.54. The van der Waals surface area contributed by atoms with Crippen molar-refractivity contribution in [2.75, 3.05) is 5.32 Å². The monoisotopic (exact) mass is 262 g/mol. The summed E-state index contributed by atoms with van der Waals surface area (Å²) in [6.07, 6.45) is 2.61. The minimum Gasteiger partial charge on any atom is -0.444 e. The van der Waals surface area contributed by atoms with Crippen molar-refractivity contribution in [1.29, 1.82) is 0 Å². The Balaban J connectivity index is 2.15. The molecule has 0 unspecified atom stereocenters. The zero-order valence-electron chi connectivity index (χ0n) is 11.8. The van der Waals surface area contributed by atoms with E-state index in [1.807, 2.05) is 45.0 Å². The zero-order chi connectivity index (χ0) is 14.1. The van der Waals surface area contributed by atoms with E-state index in [4.69, 9.17) is 10.5 Å². The van der Waals surface area contributed by atoms with Gasteiger partial charge in [0.2, 0.25) is 0 Å². The predicted octanol–water partition coefficient (Wildman–Crippen LogP) is 3.37. The molecule has 104 valence electrons. The molecule has 0 atom stereocenters. The van der Waals surface area contributed by atoms with Gasteiger partial charge in [0.15, 0.2) is 0 Å². The van der Waals surface area contributed by atoms with Crippen molar-refractivity contribution < 1.29 is 9.53 Å². The molecule has 3 N–H and O–H groups in total. The highest BCUT2D eigenvalue weighted by atomic mass is 16.6. The van der Waals surface area contributed by atoms with Gasteiger partial charge in [-0.3, -0.25) is 5.32 Å². The molecule has 0 heterocycles. The van der Waals surface area contributed by atoms with Crippen molar-refractivity contribution in [1.82, 2.24) is 0 Å². The van der Waals surface area contributed by atoms with Gasteiger partial charge in [0.1, 0.15) is 5.60 Å². The Bertz CT molecular complexity index is 473. The van der Waals surface area contributed by atoms with Gasteiger partial charge in [-0.2, -0.15) is 0 Å². The predicted molar refractivity (Wildman–Crippen MR) is 76.0 cm³/mol.